The van der Waals surface area contributed by atoms with E-state index < -0.39 is 13.0 Å². The summed E-state index contributed by atoms with van der Waals surface area (Å²) in [6.07, 6.45) is 4.85. The molecule has 1 saturated carbocycles. The Bertz CT molecular complexity index is 245. The zero-order valence-corrected chi connectivity index (χ0v) is 11.5. The first-order valence-corrected chi connectivity index (χ1v) is 7.28. The van der Waals surface area contributed by atoms with E-state index in [4.69, 9.17) is 11.6 Å². The summed E-state index contributed by atoms with van der Waals surface area (Å²) in [4.78, 5) is 13.0. The normalized spacial score (nSPS) is 17.1. The summed E-state index contributed by atoms with van der Waals surface area (Å²) in [5.41, 5.74) is 0. The van der Waals surface area contributed by atoms with Gasteiger partial charge in [0, 0.05) is 18.8 Å². The van der Waals surface area contributed by atoms with Gasteiger partial charge >= 0.3 is 0 Å². The number of halogens is 3. The Hall–Kier alpha value is -0.380. The highest BCUT2D eigenvalue weighted by molar-refractivity contribution is 6.18. The number of hydrogen-bond acceptors (Lipinski definition) is 1. The van der Waals surface area contributed by atoms with Gasteiger partial charge < -0.3 is 4.90 Å². The quantitative estimate of drug-likeness (QED) is 0.652. The molecule has 0 aromatic heterocycles. The first kappa shape index (κ1) is 15.7. The zero-order chi connectivity index (χ0) is 13.4. The van der Waals surface area contributed by atoms with E-state index in [1.165, 1.54) is 37.0 Å². The molecule has 0 radical (unpaired) electrons. The fraction of sp³-hybridized carbons (Fsp3) is 0.923. The SMILES string of the molecule is O=C(CCC1CCCCC1)N(CCCl)CC(F)F. The summed E-state index contributed by atoms with van der Waals surface area (Å²) in [6.45, 7) is -0.272. The first-order valence-electron chi connectivity index (χ1n) is 6.75. The van der Waals surface area contributed by atoms with Crippen LogP contribution in [-0.4, -0.2) is 36.2 Å². The summed E-state index contributed by atoms with van der Waals surface area (Å²) >= 11 is 5.53. The van der Waals surface area contributed by atoms with E-state index in [2.05, 4.69) is 0 Å². The van der Waals surface area contributed by atoms with Gasteiger partial charge in [-0.3, -0.25) is 4.79 Å². The predicted molar refractivity (Wildman–Crippen MR) is 69.1 cm³/mol. The van der Waals surface area contributed by atoms with Gasteiger partial charge in [-0.1, -0.05) is 32.1 Å². The van der Waals surface area contributed by atoms with Crippen LogP contribution in [0.5, 0.6) is 0 Å². The standard InChI is InChI=1S/C13H22ClF2NO/c14-8-9-17(10-12(15)16)13(18)7-6-11-4-2-1-3-5-11/h11-12H,1-10H2. The van der Waals surface area contributed by atoms with Crippen molar-refractivity contribution in [3.8, 4) is 0 Å². The molecule has 0 saturated heterocycles. The second kappa shape index (κ2) is 8.68. The molecule has 1 amide bonds. The number of carbonyl (C=O) groups excluding carboxylic acids is 1. The number of hydrogen-bond donors (Lipinski definition) is 0. The molecule has 0 unspecified atom stereocenters. The number of carbonyl (C=O) groups is 1. The summed E-state index contributed by atoms with van der Waals surface area (Å²) < 4.78 is 24.7. The second-order valence-corrected chi connectivity index (χ2v) is 5.34. The topological polar surface area (TPSA) is 20.3 Å². The van der Waals surface area contributed by atoms with Crippen molar-refractivity contribution >= 4 is 17.5 Å². The smallest absolute Gasteiger partial charge is 0.255 e. The molecule has 5 heteroatoms. The number of amides is 1. The van der Waals surface area contributed by atoms with Gasteiger partial charge in [-0.25, -0.2) is 8.78 Å². The van der Waals surface area contributed by atoms with Gasteiger partial charge in [-0.05, 0) is 12.3 Å². The van der Waals surface area contributed by atoms with E-state index in [0.29, 0.717) is 12.3 Å². The molecule has 1 aliphatic rings. The molecule has 0 aliphatic heterocycles. The summed E-state index contributed by atoms with van der Waals surface area (Å²) in [7, 11) is 0. The van der Waals surface area contributed by atoms with Gasteiger partial charge in [0.15, 0.2) is 0 Å². The van der Waals surface area contributed by atoms with E-state index >= 15 is 0 Å². The maximum atomic E-state index is 12.3. The van der Waals surface area contributed by atoms with Crippen LogP contribution in [0.2, 0.25) is 0 Å². The van der Waals surface area contributed by atoms with Gasteiger partial charge in [-0.15, -0.1) is 11.6 Å². The third-order valence-corrected chi connectivity index (χ3v) is 3.73. The average molecular weight is 282 g/mol. The van der Waals surface area contributed by atoms with Crippen molar-refractivity contribution in [2.75, 3.05) is 19.0 Å². The minimum atomic E-state index is -2.48. The molecule has 1 fully saturated rings. The average Bonchev–Trinajstić information content (AvgIpc) is 2.36. The van der Waals surface area contributed by atoms with Crippen molar-refractivity contribution in [1.82, 2.24) is 4.90 Å². The lowest BCUT2D eigenvalue weighted by Gasteiger charge is -2.24. The van der Waals surface area contributed by atoms with Crippen LogP contribution in [0.3, 0.4) is 0 Å². The van der Waals surface area contributed by atoms with E-state index in [-0.39, 0.29) is 18.3 Å². The highest BCUT2D eigenvalue weighted by Crippen LogP contribution is 2.27. The van der Waals surface area contributed by atoms with Gasteiger partial charge in [-0.2, -0.15) is 0 Å². The fourth-order valence-corrected chi connectivity index (χ4v) is 2.75. The van der Waals surface area contributed by atoms with Crippen molar-refractivity contribution in [3.63, 3.8) is 0 Å². The van der Waals surface area contributed by atoms with Crippen LogP contribution in [0.1, 0.15) is 44.9 Å². The highest BCUT2D eigenvalue weighted by atomic mass is 35.5. The maximum Gasteiger partial charge on any atom is 0.255 e. The van der Waals surface area contributed by atoms with E-state index in [0.717, 1.165) is 6.42 Å². The molecule has 106 valence electrons. The Labute approximate surface area is 113 Å². The molecule has 18 heavy (non-hydrogen) atoms. The lowest BCUT2D eigenvalue weighted by molar-refractivity contribution is -0.133. The van der Waals surface area contributed by atoms with Crippen LogP contribution in [-0.2, 0) is 4.79 Å². The zero-order valence-electron chi connectivity index (χ0n) is 10.7. The summed E-state index contributed by atoms with van der Waals surface area (Å²) in [5.74, 6) is 0.635. The lowest BCUT2D eigenvalue weighted by Crippen LogP contribution is -2.36. The Balaban J connectivity index is 2.30. The Morgan fingerprint density at radius 3 is 2.50 bits per heavy atom. The van der Waals surface area contributed by atoms with E-state index in [1.54, 1.807) is 0 Å². The van der Waals surface area contributed by atoms with Crippen molar-refractivity contribution in [3.05, 3.63) is 0 Å². The molecule has 0 heterocycles. The predicted octanol–water partition coefficient (Wildman–Crippen LogP) is 3.68. The van der Waals surface area contributed by atoms with Crippen LogP contribution < -0.4 is 0 Å². The summed E-state index contributed by atoms with van der Waals surface area (Å²) in [5, 5.41) is 0. The fourth-order valence-electron chi connectivity index (χ4n) is 2.55. The number of rotatable bonds is 7. The molecule has 0 bridgehead atoms. The molecule has 2 nitrogen and oxygen atoms in total. The minimum absolute atomic E-state index is 0.179. The monoisotopic (exact) mass is 281 g/mol. The highest BCUT2D eigenvalue weighted by Gasteiger charge is 2.20. The van der Waals surface area contributed by atoms with Crippen molar-refractivity contribution in [2.24, 2.45) is 5.92 Å². The van der Waals surface area contributed by atoms with Crippen LogP contribution >= 0.6 is 11.6 Å². The molecular weight excluding hydrogens is 260 g/mol. The maximum absolute atomic E-state index is 12.3. The molecule has 0 N–H and O–H groups in total. The molecule has 0 aromatic carbocycles. The lowest BCUT2D eigenvalue weighted by atomic mass is 9.86. The van der Waals surface area contributed by atoms with Gasteiger partial charge in [0.25, 0.3) is 6.43 Å². The third-order valence-electron chi connectivity index (χ3n) is 3.56. The Kier molecular flexibility index (Phi) is 7.56. The molecule has 0 aromatic rings. The summed E-state index contributed by atoms with van der Waals surface area (Å²) in [6, 6.07) is 0. The molecule has 1 rings (SSSR count). The van der Waals surface area contributed by atoms with Crippen molar-refractivity contribution in [1.29, 1.82) is 0 Å². The Morgan fingerprint density at radius 2 is 1.94 bits per heavy atom. The Morgan fingerprint density at radius 1 is 1.28 bits per heavy atom. The van der Waals surface area contributed by atoms with Crippen molar-refractivity contribution in [2.45, 2.75) is 51.4 Å². The van der Waals surface area contributed by atoms with Crippen molar-refractivity contribution < 1.29 is 13.6 Å². The van der Waals surface area contributed by atoms with E-state index in [9.17, 15) is 13.6 Å². The van der Waals surface area contributed by atoms with Crippen LogP contribution in [0.15, 0.2) is 0 Å². The van der Waals surface area contributed by atoms with Crippen LogP contribution in [0, 0.1) is 5.92 Å². The van der Waals surface area contributed by atoms with E-state index in [1.807, 2.05) is 0 Å². The largest absolute Gasteiger partial charge is 0.336 e. The van der Waals surface area contributed by atoms with Gasteiger partial charge in [0.1, 0.15) is 0 Å². The molecular formula is C13H22ClF2NO. The van der Waals surface area contributed by atoms with Gasteiger partial charge in [0.2, 0.25) is 5.91 Å². The van der Waals surface area contributed by atoms with Gasteiger partial charge in [0.05, 0.1) is 6.54 Å². The molecule has 0 atom stereocenters. The third kappa shape index (κ3) is 5.98. The number of nitrogens with zero attached hydrogens (tertiary/aromatic N) is 1. The minimum Gasteiger partial charge on any atom is -0.336 e. The van der Waals surface area contributed by atoms with Crippen LogP contribution in [0.4, 0.5) is 8.78 Å². The van der Waals surface area contributed by atoms with Crippen LogP contribution in [0.25, 0.3) is 0 Å². The second-order valence-electron chi connectivity index (χ2n) is 4.96. The molecule has 1 aliphatic carbocycles. The number of alkyl halides is 3. The first-order chi connectivity index (χ1) is 8.63. The molecule has 0 spiro atoms.